The van der Waals surface area contributed by atoms with Gasteiger partial charge in [0, 0.05) is 13.0 Å². The lowest BCUT2D eigenvalue weighted by Gasteiger charge is -1.95. The fraction of sp³-hybridized carbons (Fsp3) is 0.111. The Kier molecular flexibility index (Phi) is 1.62. The Labute approximate surface area is 73.8 Å². The van der Waals surface area contributed by atoms with E-state index in [9.17, 15) is 9.18 Å². The molecule has 1 aromatic heterocycles. The van der Waals surface area contributed by atoms with Gasteiger partial charge in [-0.1, -0.05) is 0 Å². The van der Waals surface area contributed by atoms with Crippen LogP contribution in [0, 0.1) is 5.82 Å². The summed E-state index contributed by atoms with van der Waals surface area (Å²) in [6.45, 7) is 1.43. The highest BCUT2D eigenvalue weighted by atomic mass is 19.1. The zero-order valence-corrected chi connectivity index (χ0v) is 6.99. The minimum absolute atomic E-state index is 0.130. The molecular weight excluding hydrogens is 171 g/mol. The number of fused-ring (bicyclic) bond motifs is 1. The van der Waals surface area contributed by atoms with Crippen molar-refractivity contribution in [1.82, 2.24) is 9.55 Å². The molecule has 0 unspecified atom stereocenters. The first-order valence-electron chi connectivity index (χ1n) is 3.82. The molecule has 3 nitrogen and oxygen atoms in total. The topological polar surface area (TPSA) is 34.9 Å². The molecule has 1 heterocycles. The van der Waals surface area contributed by atoms with Gasteiger partial charge in [0.15, 0.2) is 0 Å². The number of imidazole rings is 1. The van der Waals surface area contributed by atoms with E-state index in [1.807, 2.05) is 0 Å². The molecule has 1 aromatic carbocycles. The van der Waals surface area contributed by atoms with Crippen LogP contribution in [0.5, 0.6) is 0 Å². The van der Waals surface area contributed by atoms with Crippen molar-refractivity contribution >= 4 is 16.9 Å². The van der Waals surface area contributed by atoms with Crippen molar-refractivity contribution in [3.05, 3.63) is 30.3 Å². The largest absolute Gasteiger partial charge is 0.274 e. The maximum Gasteiger partial charge on any atom is 0.229 e. The smallest absolute Gasteiger partial charge is 0.229 e. The van der Waals surface area contributed by atoms with Gasteiger partial charge in [-0.25, -0.2) is 9.37 Å². The minimum Gasteiger partial charge on any atom is -0.274 e. The van der Waals surface area contributed by atoms with E-state index in [1.165, 1.54) is 30.0 Å². The quantitative estimate of drug-likeness (QED) is 0.616. The maximum absolute atomic E-state index is 12.7. The predicted molar refractivity (Wildman–Crippen MR) is 46.0 cm³/mol. The Bertz CT molecular complexity index is 475. The van der Waals surface area contributed by atoms with Gasteiger partial charge in [-0.2, -0.15) is 0 Å². The van der Waals surface area contributed by atoms with Crippen LogP contribution in [-0.2, 0) is 0 Å². The molecule has 0 saturated carbocycles. The molecule has 0 atom stereocenters. The Morgan fingerprint density at radius 3 is 3.00 bits per heavy atom. The minimum atomic E-state index is -0.346. The Hall–Kier alpha value is -1.71. The molecule has 0 amide bonds. The van der Waals surface area contributed by atoms with Gasteiger partial charge < -0.3 is 0 Å². The Morgan fingerprint density at radius 2 is 2.31 bits per heavy atom. The van der Waals surface area contributed by atoms with Gasteiger partial charge in [0.25, 0.3) is 0 Å². The van der Waals surface area contributed by atoms with Crippen molar-refractivity contribution in [2.75, 3.05) is 0 Å². The van der Waals surface area contributed by atoms with Gasteiger partial charge in [-0.05, 0) is 12.1 Å². The van der Waals surface area contributed by atoms with E-state index in [0.29, 0.717) is 11.0 Å². The van der Waals surface area contributed by atoms with Crippen LogP contribution >= 0.6 is 0 Å². The maximum atomic E-state index is 12.7. The first-order valence-corrected chi connectivity index (χ1v) is 3.82. The van der Waals surface area contributed by atoms with Gasteiger partial charge in [0.1, 0.15) is 12.1 Å². The molecule has 66 valence electrons. The van der Waals surface area contributed by atoms with Crippen molar-refractivity contribution in [1.29, 1.82) is 0 Å². The van der Waals surface area contributed by atoms with Crippen LogP contribution in [0.25, 0.3) is 11.0 Å². The molecule has 13 heavy (non-hydrogen) atoms. The molecule has 0 fully saturated rings. The van der Waals surface area contributed by atoms with E-state index in [1.54, 1.807) is 6.07 Å². The van der Waals surface area contributed by atoms with E-state index < -0.39 is 0 Å². The summed E-state index contributed by atoms with van der Waals surface area (Å²) in [5.74, 6) is -0.476. The Morgan fingerprint density at radius 1 is 1.54 bits per heavy atom. The number of carbonyl (C=O) groups is 1. The number of rotatable bonds is 0. The van der Waals surface area contributed by atoms with Crippen LogP contribution in [0.15, 0.2) is 24.5 Å². The number of carbonyl (C=O) groups excluding carboxylic acids is 1. The number of halogens is 1. The van der Waals surface area contributed by atoms with Crippen molar-refractivity contribution in [2.45, 2.75) is 6.92 Å². The summed E-state index contributed by atoms with van der Waals surface area (Å²) in [5, 5.41) is 0. The third kappa shape index (κ3) is 1.20. The zero-order valence-electron chi connectivity index (χ0n) is 6.99. The van der Waals surface area contributed by atoms with E-state index >= 15 is 0 Å². The second kappa shape index (κ2) is 2.65. The van der Waals surface area contributed by atoms with E-state index in [-0.39, 0.29) is 11.7 Å². The van der Waals surface area contributed by atoms with Crippen LogP contribution in [0.4, 0.5) is 4.39 Å². The first-order chi connectivity index (χ1) is 6.18. The van der Waals surface area contributed by atoms with Crippen LogP contribution < -0.4 is 0 Å². The normalized spacial score (nSPS) is 10.6. The molecule has 4 heteroatoms. The lowest BCUT2D eigenvalue weighted by molar-refractivity contribution is 0.0941. The monoisotopic (exact) mass is 178 g/mol. The van der Waals surface area contributed by atoms with Crippen LogP contribution in [0.1, 0.15) is 11.7 Å². The summed E-state index contributed by atoms with van der Waals surface area (Å²) in [6.07, 6.45) is 1.40. The second-order valence-electron chi connectivity index (χ2n) is 2.77. The summed E-state index contributed by atoms with van der Waals surface area (Å²) in [7, 11) is 0. The van der Waals surface area contributed by atoms with Crippen molar-refractivity contribution in [3.63, 3.8) is 0 Å². The summed E-state index contributed by atoms with van der Waals surface area (Å²) in [4.78, 5) is 14.9. The lowest BCUT2D eigenvalue weighted by atomic mass is 10.3. The highest BCUT2D eigenvalue weighted by Crippen LogP contribution is 2.13. The first kappa shape index (κ1) is 7.91. The third-order valence-electron chi connectivity index (χ3n) is 1.85. The fourth-order valence-corrected chi connectivity index (χ4v) is 1.24. The summed E-state index contributed by atoms with van der Waals surface area (Å²) in [5.41, 5.74) is 1.13. The van der Waals surface area contributed by atoms with Crippen molar-refractivity contribution < 1.29 is 9.18 Å². The zero-order chi connectivity index (χ0) is 9.42. The third-order valence-corrected chi connectivity index (χ3v) is 1.85. The van der Waals surface area contributed by atoms with E-state index in [2.05, 4.69) is 4.98 Å². The SMILES string of the molecule is CC(=O)n1cnc2cc(F)ccc21. The van der Waals surface area contributed by atoms with Gasteiger partial charge >= 0.3 is 0 Å². The molecule has 2 aromatic rings. The molecule has 0 aliphatic carbocycles. The number of benzene rings is 1. The summed E-state index contributed by atoms with van der Waals surface area (Å²) < 4.78 is 14.1. The van der Waals surface area contributed by atoms with Gasteiger partial charge in [0.2, 0.25) is 5.91 Å². The van der Waals surface area contributed by atoms with Crippen LogP contribution in [0.3, 0.4) is 0 Å². The highest BCUT2D eigenvalue weighted by molar-refractivity contribution is 5.88. The van der Waals surface area contributed by atoms with Crippen molar-refractivity contribution in [3.8, 4) is 0 Å². The van der Waals surface area contributed by atoms with Crippen LogP contribution in [0.2, 0.25) is 0 Å². The Balaban J connectivity index is 2.76. The summed E-state index contributed by atoms with van der Waals surface area (Å²) in [6, 6.07) is 4.15. The molecule has 0 N–H and O–H groups in total. The fourth-order valence-electron chi connectivity index (χ4n) is 1.24. The van der Waals surface area contributed by atoms with E-state index in [0.717, 1.165) is 0 Å². The predicted octanol–water partition coefficient (Wildman–Crippen LogP) is 1.84. The van der Waals surface area contributed by atoms with Gasteiger partial charge in [-0.3, -0.25) is 9.36 Å². The molecule has 0 aliphatic rings. The van der Waals surface area contributed by atoms with Gasteiger partial charge in [-0.15, -0.1) is 0 Å². The summed E-state index contributed by atoms with van der Waals surface area (Å²) >= 11 is 0. The average molecular weight is 178 g/mol. The van der Waals surface area contributed by atoms with Crippen LogP contribution in [-0.4, -0.2) is 15.5 Å². The average Bonchev–Trinajstić information content (AvgIpc) is 2.46. The molecule has 0 aliphatic heterocycles. The number of hydrogen-bond donors (Lipinski definition) is 0. The second-order valence-corrected chi connectivity index (χ2v) is 2.77. The molecule has 2 rings (SSSR count). The highest BCUT2D eigenvalue weighted by Gasteiger charge is 2.05. The van der Waals surface area contributed by atoms with Gasteiger partial charge in [0.05, 0.1) is 11.0 Å². The number of hydrogen-bond acceptors (Lipinski definition) is 2. The standard InChI is InChI=1S/C9H7FN2O/c1-6(13)12-5-11-8-4-7(10)2-3-9(8)12/h2-5H,1H3. The molecule has 0 radical (unpaired) electrons. The number of nitrogens with zero attached hydrogens (tertiary/aromatic N) is 2. The molecular formula is C9H7FN2O. The molecule has 0 spiro atoms. The molecule has 0 bridgehead atoms. The number of aromatic nitrogens is 2. The van der Waals surface area contributed by atoms with Crippen molar-refractivity contribution in [2.24, 2.45) is 0 Å². The van der Waals surface area contributed by atoms with E-state index in [4.69, 9.17) is 0 Å². The lowest BCUT2D eigenvalue weighted by Crippen LogP contribution is -2.02. The molecule has 0 saturated heterocycles.